The van der Waals surface area contributed by atoms with Crippen molar-refractivity contribution in [3.05, 3.63) is 47.3 Å². The van der Waals surface area contributed by atoms with Crippen LogP contribution in [0.5, 0.6) is 0 Å². The van der Waals surface area contributed by atoms with E-state index in [1.807, 2.05) is 4.90 Å². The van der Waals surface area contributed by atoms with Gasteiger partial charge in [0.05, 0.1) is 6.04 Å². The first-order chi connectivity index (χ1) is 12.0. The molecule has 6 heteroatoms. The number of hydrogen-bond acceptors (Lipinski definition) is 4. The van der Waals surface area contributed by atoms with E-state index in [1.54, 1.807) is 31.3 Å². The van der Waals surface area contributed by atoms with Crippen molar-refractivity contribution in [1.82, 2.24) is 10.2 Å². The number of ketones is 1. The van der Waals surface area contributed by atoms with Gasteiger partial charge in [-0.3, -0.25) is 14.5 Å². The van der Waals surface area contributed by atoms with Gasteiger partial charge < -0.3 is 5.32 Å². The Labute approximate surface area is 152 Å². The Hall–Kier alpha value is -1.66. The van der Waals surface area contributed by atoms with Crippen LogP contribution in [0.3, 0.4) is 0 Å². The van der Waals surface area contributed by atoms with E-state index in [0.29, 0.717) is 18.7 Å². The molecule has 2 fully saturated rings. The first-order valence-corrected chi connectivity index (χ1v) is 9.15. The molecule has 3 rings (SSSR count). The van der Waals surface area contributed by atoms with E-state index in [4.69, 9.17) is 0 Å². The van der Waals surface area contributed by atoms with Crippen molar-refractivity contribution >= 4 is 24.3 Å². The molecule has 0 bridgehead atoms. The summed E-state index contributed by atoms with van der Waals surface area (Å²) in [4.78, 5) is 26.6. The van der Waals surface area contributed by atoms with Crippen molar-refractivity contribution in [3.8, 4) is 0 Å². The predicted octanol–water partition coefficient (Wildman–Crippen LogP) is 2.52. The normalized spacial score (nSPS) is 24.1. The molecular formula is C19H23FN2O2S. The van der Waals surface area contributed by atoms with Crippen LogP contribution in [0.2, 0.25) is 0 Å². The predicted molar refractivity (Wildman–Crippen MR) is 98.0 cm³/mol. The molecule has 1 aromatic carbocycles. The number of nitrogens with one attached hydrogen (secondary N) is 1. The molecular weight excluding hydrogens is 339 g/mol. The van der Waals surface area contributed by atoms with Gasteiger partial charge in [-0.25, -0.2) is 4.39 Å². The van der Waals surface area contributed by atoms with Gasteiger partial charge in [-0.2, -0.15) is 12.6 Å². The number of halogens is 1. The SMILES string of the molecule is CNC(=O)/C=C1/CN(C(C(=O)C2CC2)c2ccccc2F)CCC1S. The third-order valence-corrected chi connectivity index (χ3v) is 5.47. The highest BCUT2D eigenvalue weighted by atomic mass is 32.1. The molecule has 2 atom stereocenters. The highest BCUT2D eigenvalue weighted by Gasteiger charge is 2.40. The second-order valence-corrected chi connectivity index (χ2v) is 7.33. The van der Waals surface area contributed by atoms with E-state index in [-0.39, 0.29) is 28.7 Å². The molecule has 1 aliphatic heterocycles. The minimum Gasteiger partial charge on any atom is -0.356 e. The van der Waals surface area contributed by atoms with Gasteiger partial charge in [0.2, 0.25) is 5.91 Å². The zero-order valence-electron chi connectivity index (χ0n) is 14.2. The van der Waals surface area contributed by atoms with Crippen molar-refractivity contribution in [2.75, 3.05) is 20.1 Å². The largest absolute Gasteiger partial charge is 0.356 e. The highest BCUT2D eigenvalue weighted by molar-refractivity contribution is 7.81. The number of amides is 1. The lowest BCUT2D eigenvalue weighted by atomic mass is 9.93. The van der Waals surface area contributed by atoms with Crippen LogP contribution in [-0.4, -0.2) is 42.0 Å². The summed E-state index contributed by atoms with van der Waals surface area (Å²) < 4.78 is 14.4. The molecule has 1 N–H and O–H groups in total. The number of piperidine rings is 1. The van der Waals surface area contributed by atoms with Crippen LogP contribution in [-0.2, 0) is 9.59 Å². The maximum absolute atomic E-state index is 14.4. The fourth-order valence-electron chi connectivity index (χ4n) is 3.31. The standard InChI is InChI=1S/C19H23FN2O2S/c1-21-17(23)10-13-11-22(9-8-16(13)25)18(19(24)12-6-7-12)14-4-2-3-5-15(14)20/h2-5,10,12,16,18,25H,6-9,11H2,1H3,(H,21,23)/b13-10-. The molecule has 1 saturated heterocycles. The number of thiol groups is 1. The first kappa shape index (κ1) is 18.1. The first-order valence-electron chi connectivity index (χ1n) is 8.63. The van der Waals surface area contributed by atoms with Gasteiger partial charge in [0.1, 0.15) is 5.82 Å². The average Bonchev–Trinajstić information content (AvgIpc) is 3.44. The van der Waals surface area contributed by atoms with Gasteiger partial charge in [0.15, 0.2) is 5.78 Å². The quantitative estimate of drug-likeness (QED) is 0.625. The smallest absolute Gasteiger partial charge is 0.243 e. The zero-order valence-corrected chi connectivity index (χ0v) is 15.1. The van der Waals surface area contributed by atoms with Gasteiger partial charge in [-0.1, -0.05) is 18.2 Å². The Morgan fingerprint density at radius 3 is 2.68 bits per heavy atom. The molecule has 1 aliphatic carbocycles. The number of nitrogens with zero attached hydrogens (tertiary/aromatic N) is 1. The number of rotatable bonds is 5. The molecule has 1 amide bonds. The zero-order chi connectivity index (χ0) is 18.0. The summed E-state index contributed by atoms with van der Waals surface area (Å²) in [5, 5.41) is 2.55. The van der Waals surface area contributed by atoms with E-state index < -0.39 is 6.04 Å². The second kappa shape index (κ2) is 7.70. The fourth-order valence-corrected chi connectivity index (χ4v) is 3.58. The molecule has 134 valence electrons. The fraction of sp³-hybridized carbons (Fsp3) is 0.474. The molecule has 2 aliphatic rings. The van der Waals surface area contributed by atoms with E-state index in [2.05, 4.69) is 17.9 Å². The maximum Gasteiger partial charge on any atom is 0.243 e. The molecule has 1 saturated carbocycles. The molecule has 2 unspecified atom stereocenters. The lowest BCUT2D eigenvalue weighted by Crippen LogP contribution is -2.43. The monoisotopic (exact) mass is 362 g/mol. The molecule has 0 aromatic heterocycles. The Kier molecular flexibility index (Phi) is 5.59. The van der Waals surface area contributed by atoms with E-state index >= 15 is 0 Å². The Morgan fingerprint density at radius 1 is 1.32 bits per heavy atom. The Morgan fingerprint density at radius 2 is 2.04 bits per heavy atom. The van der Waals surface area contributed by atoms with Crippen molar-refractivity contribution < 1.29 is 14.0 Å². The number of benzene rings is 1. The average molecular weight is 362 g/mol. The molecule has 0 spiro atoms. The van der Waals surface area contributed by atoms with E-state index in [9.17, 15) is 14.0 Å². The van der Waals surface area contributed by atoms with E-state index in [1.165, 1.54) is 6.07 Å². The minimum atomic E-state index is -0.595. The lowest BCUT2D eigenvalue weighted by Gasteiger charge is -2.37. The number of hydrogen-bond donors (Lipinski definition) is 2. The molecule has 0 radical (unpaired) electrons. The van der Waals surface area contributed by atoms with Gasteiger partial charge in [0, 0.05) is 42.9 Å². The number of carbonyl (C=O) groups excluding carboxylic acids is 2. The van der Waals surface area contributed by atoms with Crippen molar-refractivity contribution in [3.63, 3.8) is 0 Å². The van der Waals surface area contributed by atoms with Crippen LogP contribution >= 0.6 is 12.6 Å². The van der Waals surface area contributed by atoms with Crippen LogP contribution in [0, 0.1) is 11.7 Å². The number of carbonyl (C=O) groups is 2. The minimum absolute atomic E-state index is 0.0224. The van der Waals surface area contributed by atoms with Crippen molar-refractivity contribution in [2.45, 2.75) is 30.6 Å². The second-order valence-electron chi connectivity index (χ2n) is 6.71. The summed E-state index contributed by atoms with van der Waals surface area (Å²) in [6.07, 6.45) is 4.03. The van der Waals surface area contributed by atoms with Crippen LogP contribution in [0.25, 0.3) is 0 Å². The number of likely N-dealkylation sites (N-methyl/N-ethyl adjacent to an activating group) is 1. The van der Waals surface area contributed by atoms with Gasteiger partial charge >= 0.3 is 0 Å². The van der Waals surface area contributed by atoms with Crippen LogP contribution in [0.1, 0.15) is 30.9 Å². The summed E-state index contributed by atoms with van der Waals surface area (Å²) in [5.74, 6) is -0.426. The Balaban J connectivity index is 1.91. The number of likely N-dealkylation sites (tertiary alicyclic amines) is 1. The molecule has 1 heterocycles. The maximum atomic E-state index is 14.4. The summed E-state index contributed by atoms with van der Waals surface area (Å²) in [6.45, 7) is 1.09. The van der Waals surface area contributed by atoms with Gasteiger partial charge in [0.25, 0.3) is 0 Å². The lowest BCUT2D eigenvalue weighted by molar-refractivity contribution is -0.126. The molecule has 4 nitrogen and oxygen atoms in total. The highest BCUT2D eigenvalue weighted by Crippen LogP contribution is 2.39. The van der Waals surface area contributed by atoms with Crippen LogP contribution in [0.4, 0.5) is 4.39 Å². The number of Topliss-reactive ketones (excluding diaryl/α,β-unsaturated/α-hetero) is 1. The summed E-state index contributed by atoms with van der Waals surface area (Å²) in [6, 6.07) is 5.89. The van der Waals surface area contributed by atoms with E-state index in [0.717, 1.165) is 24.8 Å². The molecule has 25 heavy (non-hydrogen) atoms. The third-order valence-electron chi connectivity index (χ3n) is 4.88. The van der Waals surface area contributed by atoms with Crippen LogP contribution < -0.4 is 5.32 Å². The topological polar surface area (TPSA) is 49.4 Å². The summed E-state index contributed by atoms with van der Waals surface area (Å²) in [5.41, 5.74) is 1.29. The Bertz CT molecular complexity index is 702. The van der Waals surface area contributed by atoms with Crippen molar-refractivity contribution in [1.29, 1.82) is 0 Å². The summed E-state index contributed by atoms with van der Waals surface area (Å²) >= 11 is 4.56. The van der Waals surface area contributed by atoms with Gasteiger partial charge in [-0.15, -0.1) is 0 Å². The van der Waals surface area contributed by atoms with Crippen LogP contribution in [0.15, 0.2) is 35.9 Å². The van der Waals surface area contributed by atoms with Gasteiger partial charge in [-0.05, 0) is 30.9 Å². The summed E-state index contributed by atoms with van der Waals surface area (Å²) in [7, 11) is 1.58. The molecule has 1 aromatic rings. The third kappa shape index (κ3) is 4.12. The van der Waals surface area contributed by atoms with Crippen molar-refractivity contribution in [2.24, 2.45) is 5.92 Å².